The van der Waals surface area contributed by atoms with Crippen LogP contribution in [0.2, 0.25) is 0 Å². The van der Waals surface area contributed by atoms with Crippen molar-refractivity contribution in [1.82, 2.24) is 9.55 Å². The van der Waals surface area contributed by atoms with E-state index in [-0.39, 0.29) is 17.1 Å². The normalized spacial score (nSPS) is 11.4. The molecule has 0 bridgehead atoms. The van der Waals surface area contributed by atoms with Gasteiger partial charge in [-0.3, -0.25) is 9.36 Å². The highest BCUT2D eigenvalue weighted by Gasteiger charge is 2.17. The molecule has 0 saturated heterocycles. The molecule has 3 rings (SSSR count). The SMILES string of the molecule is COCCn1c(SCc2ccc(OC(F)F)c(OC)c2)nc2sc(C)c(C)c2c1=O. The third kappa shape index (κ3) is 4.76. The number of thiophene rings is 1. The number of hydrogen-bond acceptors (Lipinski definition) is 7. The molecule has 0 atom stereocenters. The maximum absolute atomic E-state index is 13.1. The van der Waals surface area contributed by atoms with E-state index < -0.39 is 6.61 Å². The van der Waals surface area contributed by atoms with Gasteiger partial charge in [-0.2, -0.15) is 8.78 Å². The number of ether oxygens (including phenoxy) is 3. The van der Waals surface area contributed by atoms with E-state index in [1.54, 1.807) is 23.8 Å². The topological polar surface area (TPSA) is 62.6 Å². The van der Waals surface area contributed by atoms with Gasteiger partial charge >= 0.3 is 6.61 Å². The predicted octanol–water partition coefficient (Wildman–Crippen LogP) is 4.62. The van der Waals surface area contributed by atoms with Gasteiger partial charge in [-0.1, -0.05) is 17.8 Å². The number of nitrogens with zero attached hydrogens (tertiary/aromatic N) is 2. The zero-order valence-electron chi connectivity index (χ0n) is 17.0. The fourth-order valence-corrected chi connectivity index (χ4v) is 4.98. The number of benzene rings is 1. The molecule has 10 heteroatoms. The molecule has 2 heterocycles. The second kappa shape index (κ2) is 9.76. The average Bonchev–Trinajstić information content (AvgIpc) is 3.00. The van der Waals surface area contributed by atoms with Crippen molar-refractivity contribution in [3.05, 3.63) is 44.6 Å². The summed E-state index contributed by atoms with van der Waals surface area (Å²) in [5, 5.41) is 1.23. The first-order valence-electron chi connectivity index (χ1n) is 9.09. The van der Waals surface area contributed by atoms with E-state index in [0.717, 1.165) is 16.0 Å². The molecule has 0 aliphatic rings. The Kier molecular flexibility index (Phi) is 7.32. The quantitative estimate of drug-likeness (QED) is 0.346. The van der Waals surface area contributed by atoms with Gasteiger partial charge in [0.05, 0.1) is 25.6 Å². The number of hydrogen-bond donors (Lipinski definition) is 0. The summed E-state index contributed by atoms with van der Waals surface area (Å²) in [6, 6.07) is 4.77. The maximum Gasteiger partial charge on any atom is 0.387 e. The Balaban J connectivity index is 1.92. The number of halogens is 2. The van der Waals surface area contributed by atoms with Crippen molar-refractivity contribution in [3.63, 3.8) is 0 Å². The molecule has 162 valence electrons. The van der Waals surface area contributed by atoms with E-state index in [9.17, 15) is 13.6 Å². The van der Waals surface area contributed by atoms with E-state index in [1.165, 1.54) is 36.3 Å². The van der Waals surface area contributed by atoms with Crippen molar-refractivity contribution in [2.75, 3.05) is 20.8 Å². The third-order valence-electron chi connectivity index (χ3n) is 4.58. The fraction of sp³-hybridized carbons (Fsp3) is 0.400. The predicted molar refractivity (Wildman–Crippen MR) is 114 cm³/mol. The second-order valence-corrected chi connectivity index (χ2v) is 8.61. The Morgan fingerprint density at radius 3 is 2.67 bits per heavy atom. The van der Waals surface area contributed by atoms with Crippen molar-refractivity contribution >= 4 is 33.3 Å². The summed E-state index contributed by atoms with van der Waals surface area (Å²) < 4.78 is 41.4. The van der Waals surface area contributed by atoms with Crippen molar-refractivity contribution in [3.8, 4) is 11.5 Å². The highest BCUT2D eigenvalue weighted by Crippen LogP contribution is 2.33. The Bertz CT molecular complexity index is 1100. The Hall–Kier alpha value is -2.17. The minimum absolute atomic E-state index is 0.0256. The molecule has 0 amide bonds. The minimum Gasteiger partial charge on any atom is -0.493 e. The smallest absolute Gasteiger partial charge is 0.387 e. The molecule has 2 aromatic heterocycles. The first-order chi connectivity index (χ1) is 14.3. The standard InChI is InChI=1S/C20H22F2N2O4S2/c1-11-12(2)30-17-16(11)18(25)24(7-8-26-3)20(23-17)29-10-13-5-6-14(28-19(21)22)15(9-13)27-4/h5-6,9,19H,7-8,10H2,1-4H3. The van der Waals surface area contributed by atoms with Crippen LogP contribution in [0.1, 0.15) is 16.0 Å². The molecule has 1 aromatic carbocycles. The lowest BCUT2D eigenvalue weighted by Gasteiger charge is -2.13. The molecule has 0 N–H and O–H groups in total. The summed E-state index contributed by atoms with van der Waals surface area (Å²) in [5.74, 6) is 0.667. The van der Waals surface area contributed by atoms with E-state index >= 15 is 0 Å². The number of alkyl halides is 2. The number of fused-ring (bicyclic) bond motifs is 1. The third-order valence-corrected chi connectivity index (χ3v) is 6.73. The van der Waals surface area contributed by atoms with Crippen LogP contribution in [0, 0.1) is 13.8 Å². The summed E-state index contributed by atoms with van der Waals surface area (Å²) in [7, 11) is 2.98. The van der Waals surface area contributed by atoms with E-state index in [1.807, 2.05) is 13.8 Å². The molecule has 0 fully saturated rings. The highest BCUT2D eigenvalue weighted by atomic mass is 32.2. The molecule has 3 aromatic rings. The van der Waals surface area contributed by atoms with Gasteiger partial charge in [-0.25, -0.2) is 4.98 Å². The lowest BCUT2D eigenvalue weighted by molar-refractivity contribution is -0.0512. The molecule has 30 heavy (non-hydrogen) atoms. The summed E-state index contributed by atoms with van der Waals surface area (Å²) in [4.78, 5) is 19.6. The summed E-state index contributed by atoms with van der Waals surface area (Å²) in [5.41, 5.74) is 1.69. The van der Waals surface area contributed by atoms with Gasteiger partial charge < -0.3 is 14.2 Å². The zero-order valence-corrected chi connectivity index (χ0v) is 18.7. The summed E-state index contributed by atoms with van der Waals surface area (Å²) in [6.45, 7) is 1.75. The number of methoxy groups -OCH3 is 2. The van der Waals surface area contributed by atoms with Crippen molar-refractivity contribution in [2.24, 2.45) is 0 Å². The van der Waals surface area contributed by atoms with Crippen LogP contribution in [0.15, 0.2) is 28.2 Å². The molecule has 0 radical (unpaired) electrons. The maximum atomic E-state index is 13.1. The number of aromatic nitrogens is 2. The Morgan fingerprint density at radius 1 is 1.23 bits per heavy atom. The molecule has 0 aliphatic heterocycles. The van der Waals surface area contributed by atoms with Gasteiger partial charge in [0, 0.05) is 17.7 Å². The molecule has 6 nitrogen and oxygen atoms in total. The van der Waals surface area contributed by atoms with E-state index in [0.29, 0.717) is 34.3 Å². The van der Waals surface area contributed by atoms with Gasteiger partial charge in [-0.15, -0.1) is 11.3 Å². The van der Waals surface area contributed by atoms with Crippen LogP contribution in [0.4, 0.5) is 8.78 Å². The molecule has 0 aliphatic carbocycles. The zero-order chi connectivity index (χ0) is 21.8. The largest absolute Gasteiger partial charge is 0.493 e. The Morgan fingerprint density at radius 2 is 2.00 bits per heavy atom. The van der Waals surface area contributed by atoms with Crippen LogP contribution in [-0.2, 0) is 17.0 Å². The average molecular weight is 457 g/mol. The highest BCUT2D eigenvalue weighted by molar-refractivity contribution is 7.98. The second-order valence-electron chi connectivity index (χ2n) is 6.46. The van der Waals surface area contributed by atoms with Gasteiger partial charge in [0.2, 0.25) is 0 Å². The summed E-state index contributed by atoms with van der Waals surface area (Å²) in [6.07, 6.45) is 0. The van der Waals surface area contributed by atoms with Gasteiger partial charge in [0.25, 0.3) is 5.56 Å². The van der Waals surface area contributed by atoms with Crippen LogP contribution >= 0.6 is 23.1 Å². The molecule has 0 saturated carbocycles. The molecule has 0 unspecified atom stereocenters. The lowest BCUT2D eigenvalue weighted by Crippen LogP contribution is -2.25. The lowest BCUT2D eigenvalue weighted by atomic mass is 10.2. The van der Waals surface area contributed by atoms with Crippen LogP contribution in [0.25, 0.3) is 10.2 Å². The molecule has 0 spiro atoms. The van der Waals surface area contributed by atoms with Crippen LogP contribution in [0.3, 0.4) is 0 Å². The van der Waals surface area contributed by atoms with Crippen molar-refractivity contribution in [2.45, 2.75) is 37.9 Å². The van der Waals surface area contributed by atoms with Gasteiger partial charge in [-0.05, 0) is 37.1 Å². The van der Waals surface area contributed by atoms with Crippen molar-refractivity contribution in [1.29, 1.82) is 0 Å². The molecular weight excluding hydrogens is 434 g/mol. The van der Waals surface area contributed by atoms with Gasteiger partial charge in [0.1, 0.15) is 4.83 Å². The fourth-order valence-electron chi connectivity index (χ4n) is 2.94. The van der Waals surface area contributed by atoms with Gasteiger partial charge in [0.15, 0.2) is 16.7 Å². The van der Waals surface area contributed by atoms with Crippen LogP contribution < -0.4 is 15.0 Å². The van der Waals surface area contributed by atoms with Crippen molar-refractivity contribution < 1.29 is 23.0 Å². The summed E-state index contributed by atoms with van der Waals surface area (Å²) >= 11 is 2.89. The van der Waals surface area contributed by atoms with Crippen LogP contribution in [0.5, 0.6) is 11.5 Å². The van der Waals surface area contributed by atoms with E-state index in [4.69, 9.17) is 14.5 Å². The van der Waals surface area contributed by atoms with Crippen LogP contribution in [-0.4, -0.2) is 37.0 Å². The van der Waals surface area contributed by atoms with E-state index in [2.05, 4.69) is 4.74 Å². The first kappa shape index (κ1) is 22.5. The minimum atomic E-state index is -2.93. The number of aryl methyl sites for hydroxylation is 2. The number of thioether (sulfide) groups is 1. The monoisotopic (exact) mass is 456 g/mol. The first-order valence-corrected chi connectivity index (χ1v) is 10.9. The number of rotatable bonds is 9. The Labute approximate surface area is 180 Å². The molecular formula is C20H22F2N2O4S2.